The quantitative estimate of drug-likeness (QED) is 0.802. The lowest BCUT2D eigenvalue weighted by Crippen LogP contribution is -2.35. The molecule has 24 heavy (non-hydrogen) atoms. The Kier molecular flexibility index (Phi) is 5.61. The highest BCUT2D eigenvalue weighted by Crippen LogP contribution is 2.19. The van der Waals surface area contributed by atoms with Gasteiger partial charge in [-0.1, -0.05) is 17.7 Å². The van der Waals surface area contributed by atoms with Crippen LogP contribution in [0.4, 0.5) is 4.79 Å². The highest BCUT2D eigenvalue weighted by Gasteiger charge is 2.05. The van der Waals surface area contributed by atoms with Crippen molar-refractivity contribution in [2.45, 2.75) is 38.6 Å². The molecule has 2 heterocycles. The number of nitrogens with one attached hydrogen (secondary N) is 2. The van der Waals surface area contributed by atoms with Crippen molar-refractivity contribution < 1.29 is 4.79 Å². The number of hydrogen-bond donors (Lipinski definition) is 2. The average molecular weight is 325 g/mol. The molecule has 6 nitrogen and oxygen atoms in total. The van der Waals surface area contributed by atoms with Crippen LogP contribution in [0.1, 0.15) is 37.7 Å². The lowest BCUT2D eigenvalue weighted by molar-refractivity contribution is 0.240. The Morgan fingerprint density at radius 2 is 2.21 bits per heavy atom. The van der Waals surface area contributed by atoms with Crippen LogP contribution < -0.4 is 10.6 Å². The van der Waals surface area contributed by atoms with Crippen LogP contribution in [0, 0.1) is 0 Å². The summed E-state index contributed by atoms with van der Waals surface area (Å²) in [5, 5.41) is 9.90. The SMILES string of the molecule is O=C(NCCC1=CCCCC1)NCc1ccc(-n2cccn2)nc1. The summed E-state index contributed by atoms with van der Waals surface area (Å²) >= 11 is 0. The Balaban J connectivity index is 1.38. The van der Waals surface area contributed by atoms with Gasteiger partial charge in [0, 0.05) is 31.7 Å². The molecule has 0 unspecified atom stereocenters. The maximum atomic E-state index is 11.8. The number of amides is 2. The second kappa shape index (κ2) is 8.29. The van der Waals surface area contributed by atoms with Gasteiger partial charge in [0.25, 0.3) is 0 Å². The molecule has 1 aliphatic rings. The molecule has 0 bridgehead atoms. The molecule has 126 valence electrons. The fourth-order valence-electron chi connectivity index (χ4n) is 2.77. The van der Waals surface area contributed by atoms with Gasteiger partial charge in [0.15, 0.2) is 5.82 Å². The minimum atomic E-state index is -0.137. The summed E-state index contributed by atoms with van der Waals surface area (Å²) in [4.78, 5) is 16.2. The molecule has 1 aliphatic carbocycles. The number of aromatic nitrogens is 3. The number of nitrogens with zero attached hydrogens (tertiary/aromatic N) is 3. The number of carbonyl (C=O) groups is 1. The minimum Gasteiger partial charge on any atom is -0.338 e. The van der Waals surface area contributed by atoms with E-state index in [4.69, 9.17) is 0 Å². The first-order chi connectivity index (χ1) is 11.8. The van der Waals surface area contributed by atoms with Crippen LogP contribution in [-0.4, -0.2) is 27.3 Å². The zero-order valence-electron chi connectivity index (χ0n) is 13.7. The van der Waals surface area contributed by atoms with Crippen molar-refractivity contribution in [2.75, 3.05) is 6.54 Å². The van der Waals surface area contributed by atoms with Crippen molar-refractivity contribution in [3.63, 3.8) is 0 Å². The van der Waals surface area contributed by atoms with Crippen LogP contribution in [-0.2, 0) is 6.54 Å². The van der Waals surface area contributed by atoms with Crippen molar-refractivity contribution in [1.29, 1.82) is 0 Å². The molecule has 2 aromatic heterocycles. The Labute approximate surface area is 142 Å². The molecule has 0 saturated carbocycles. The molecule has 0 atom stereocenters. The van der Waals surface area contributed by atoms with Gasteiger partial charge in [0.05, 0.1) is 0 Å². The number of rotatable bonds is 6. The molecule has 2 aromatic rings. The largest absolute Gasteiger partial charge is 0.338 e. The molecule has 3 rings (SSSR count). The van der Waals surface area contributed by atoms with E-state index in [1.807, 2.05) is 24.4 Å². The summed E-state index contributed by atoms with van der Waals surface area (Å²) in [5.41, 5.74) is 2.43. The normalized spacial score (nSPS) is 14.1. The Hall–Kier alpha value is -2.63. The Bertz CT molecular complexity index is 676. The van der Waals surface area contributed by atoms with Gasteiger partial charge in [-0.15, -0.1) is 0 Å². The third-order valence-corrected chi connectivity index (χ3v) is 4.12. The van der Waals surface area contributed by atoms with E-state index in [1.165, 1.54) is 31.3 Å². The monoisotopic (exact) mass is 325 g/mol. The van der Waals surface area contributed by atoms with Crippen molar-refractivity contribution in [1.82, 2.24) is 25.4 Å². The first-order valence-corrected chi connectivity index (χ1v) is 8.46. The van der Waals surface area contributed by atoms with E-state index in [0.717, 1.165) is 17.8 Å². The molecule has 0 aromatic carbocycles. The molecule has 6 heteroatoms. The van der Waals surface area contributed by atoms with Crippen molar-refractivity contribution >= 4 is 6.03 Å². The van der Waals surface area contributed by atoms with Crippen LogP contribution in [0.25, 0.3) is 5.82 Å². The van der Waals surface area contributed by atoms with Gasteiger partial charge in [-0.05, 0) is 49.8 Å². The van der Waals surface area contributed by atoms with E-state index < -0.39 is 0 Å². The van der Waals surface area contributed by atoms with E-state index in [9.17, 15) is 4.79 Å². The molecule has 0 aliphatic heterocycles. The average Bonchev–Trinajstić information content (AvgIpc) is 3.16. The number of hydrogen-bond acceptors (Lipinski definition) is 3. The number of allylic oxidation sites excluding steroid dienone is 1. The van der Waals surface area contributed by atoms with Crippen molar-refractivity contribution in [3.05, 3.63) is 54.0 Å². The lowest BCUT2D eigenvalue weighted by Gasteiger charge is -2.13. The second-order valence-electron chi connectivity index (χ2n) is 5.94. The number of carbonyl (C=O) groups excluding carboxylic acids is 1. The fraction of sp³-hybridized carbons (Fsp3) is 0.389. The van der Waals surface area contributed by atoms with E-state index in [2.05, 4.69) is 26.8 Å². The standard InChI is InChI=1S/C18H23N5O/c24-18(19-11-9-15-5-2-1-3-6-15)21-14-16-7-8-17(20-13-16)23-12-4-10-22-23/h4-5,7-8,10,12-13H,1-3,6,9,11,14H2,(H2,19,21,24). The van der Waals surface area contributed by atoms with Crippen LogP contribution in [0.5, 0.6) is 0 Å². The van der Waals surface area contributed by atoms with Crippen molar-refractivity contribution in [2.24, 2.45) is 0 Å². The minimum absolute atomic E-state index is 0.137. The third-order valence-electron chi connectivity index (χ3n) is 4.12. The van der Waals surface area contributed by atoms with Crippen LogP contribution in [0.3, 0.4) is 0 Å². The predicted octanol–water partition coefficient (Wildman–Crippen LogP) is 2.96. The molecule has 2 N–H and O–H groups in total. The van der Waals surface area contributed by atoms with E-state index in [0.29, 0.717) is 13.1 Å². The molecule has 0 saturated heterocycles. The summed E-state index contributed by atoms with van der Waals surface area (Å²) in [7, 11) is 0. The van der Waals surface area contributed by atoms with Gasteiger partial charge < -0.3 is 10.6 Å². The summed E-state index contributed by atoms with van der Waals surface area (Å²) in [6, 6.07) is 5.54. The first-order valence-electron chi connectivity index (χ1n) is 8.46. The van der Waals surface area contributed by atoms with Crippen LogP contribution in [0.15, 0.2) is 48.4 Å². The highest BCUT2D eigenvalue weighted by molar-refractivity contribution is 5.73. The summed E-state index contributed by atoms with van der Waals surface area (Å²) in [6.45, 7) is 1.15. The molecule has 0 spiro atoms. The van der Waals surface area contributed by atoms with Crippen LogP contribution >= 0.6 is 0 Å². The van der Waals surface area contributed by atoms with Crippen LogP contribution in [0.2, 0.25) is 0 Å². The third kappa shape index (κ3) is 4.68. The highest BCUT2D eigenvalue weighted by atomic mass is 16.2. The van der Waals surface area contributed by atoms with E-state index in [-0.39, 0.29) is 6.03 Å². The molecule has 0 radical (unpaired) electrons. The molecule has 2 amide bonds. The zero-order valence-corrected chi connectivity index (χ0v) is 13.7. The van der Waals surface area contributed by atoms with Gasteiger partial charge in [0.1, 0.15) is 0 Å². The van der Waals surface area contributed by atoms with Gasteiger partial charge in [0.2, 0.25) is 0 Å². The van der Waals surface area contributed by atoms with E-state index in [1.54, 1.807) is 17.1 Å². The van der Waals surface area contributed by atoms with Gasteiger partial charge in [-0.2, -0.15) is 5.10 Å². The van der Waals surface area contributed by atoms with Gasteiger partial charge in [-0.25, -0.2) is 14.5 Å². The maximum absolute atomic E-state index is 11.8. The Morgan fingerprint density at radius 1 is 1.25 bits per heavy atom. The molecule has 0 fully saturated rings. The van der Waals surface area contributed by atoms with E-state index >= 15 is 0 Å². The van der Waals surface area contributed by atoms with Gasteiger partial charge in [-0.3, -0.25) is 0 Å². The summed E-state index contributed by atoms with van der Waals surface area (Å²) in [5.74, 6) is 0.758. The topological polar surface area (TPSA) is 71.8 Å². The second-order valence-corrected chi connectivity index (χ2v) is 5.94. The maximum Gasteiger partial charge on any atom is 0.315 e. The predicted molar refractivity (Wildman–Crippen MR) is 92.8 cm³/mol. The summed E-state index contributed by atoms with van der Waals surface area (Å²) < 4.78 is 1.70. The van der Waals surface area contributed by atoms with Gasteiger partial charge >= 0.3 is 6.03 Å². The zero-order chi connectivity index (χ0) is 16.6. The smallest absolute Gasteiger partial charge is 0.315 e. The Morgan fingerprint density at radius 3 is 2.92 bits per heavy atom. The van der Waals surface area contributed by atoms with Crippen molar-refractivity contribution in [3.8, 4) is 5.82 Å². The molecular weight excluding hydrogens is 302 g/mol. The fourth-order valence-corrected chi connectivity index (χ4v) is 2.77. The number of pyridine rings is 1. The first kappa shape index (κ1) is 16.2. The molecular formula is C18H23N5O. The number of urea groups is 1. The lowest BCUT2D eigenvalue weighted by atomic mass is 9.97. The summed E-state index contributed by atoms with van der Waals surface area (Å²) in [6.07, 6.45) is 13.5.